The predicted molar refractivity (Wildman–Crippen MR) is 169 cm³/mol. The van der Waals surface area contributed by atoms with Gasteiger partial charge in [0.1, 0.15) is 0 Å². The van der Waals surface area contributed by atoms with Crippen LogP contribution in [0.1, 0.15) is 20.8 Å². The van der Waals surface area contributed by atoms with E-state index in [4.69, 9.17) is 15.3 Å². The van der Waals surface area contributed by atoms with Crippen molar-refractivity contribution in [3.05, 3.63) is 35.9 Å². The van der Waals surface area contributed by atoms with E-state index in [0.29, 0.717) is 58.9 Å². The third-order valence-electron chi connectivity index (χ3n) is 7.33. The fourth-order valence-corrected chi connectivity index (χ4v) is 4.85. The van der Waals surface area contributed by atoms with Gasteiger partial charge in [0.25, 0.3) is 0 Å². The van der Waals surface area contributed by atoms with E-state index >= 15 is 0 Å². The van der Waals surface area contributed by atoms with Gasteiger partial charge >= 0.3 is 0 Å². The zero-order chi connectivity index (χ0) is 33.8. The summed E-state index contributed by atoms with van der Waals surface area (Å²) in [5.74, 6) is -0.302. The molecule has 0 aromatic carbocycles. The number of nitrogens with zero attached hydrogens (tertiary/aromatic N) is 6. The molecule has 6 N–H and O–H groups in total. The van der Waals surface area contributed by atoms with Gasteiger partial charge in [-0.25, -0.2) is 0 Å². The monoisotopic (exact) mass is 698 g/mol. The Kier molecular flexibility index (Phi) is 23.0. The van der Waals surface area contributed by atoms with Crippen molar-refractivity contribution in [1.82, 2.24) is 29.4 Å². The van der Waals surface area contributed by atoms with E-state index in [1.165, 1.54) is 39.0 Å². The summed E-state index contributed by atoms with van der Waals surface area (Å²) in [4.78, 5) is 44.0. The van der Waals surface area contributed by atoms with Crippen LogP contribution in [0.2, 0.25) is 0 Å². The van der Waals surface area contributed by atoms with Crippen molar-refractivity contribution in [1.29, 1.82) is 0 Å². The van der Waals surface area contributed by atoms with E-state index < -0.39 is 0 Å². The third kappa shape index (κ3) is 18.5. The Morgan fingerprint density at radius 2 is 0.652 bits per heavy atom. The number of aliphatic hydroxyl groups is 6. The smallest absolute Gasteiger partial charge is 0.190 e. The number of ketones is 3. The molecule has 16 heteroatoms. The van der Waals surface area contributed by atoms with Gasteiger partial charge in [0.05, 0.1) is 19.8 Å². The van der Waals surface area contributed by atoms with Crippen LogP contribution in [0.15, 0.2) is 35.9 Å². The zero-order valence-electron chi connectivity index (χ0n) is 27.4. The van der Waals surface area contributed by atoms with Gasteiger partial charge in [-0.1, -0.05) is 0 Å². The van der Waals surface area contributed by atoms with Crippen molar-refractivity contribution in [2.75, 3.05) is 118 Å². The van der Waals surface area contributed by atoms with Gasteiger partial charge in [-0.2, -0.15) is 0 Å². The number of β-amino-alcohol motifs (C(OH)–C–C–N with tert-alkyl or cyclic N) is 3. The van der Waals surface area contributed by atoms with E-state index in [9.17, 15) is 29.7 Å². The standard InChI is InChI=1S/3C10H18N2O3.Fe/c3*1-9(14)8-10(15)12-4-2-11(3-5-12)6-7-13;/h3*8,13,15H,2-7H2,1H3;. The van der Waals surface area contributed by atoms with Crippen molar-refractivity contribution in [2.24, 2.45) is 0 Å². The molecule has 3 aliphatic heterocycles. The maximum absolute atomic E-state index is 10.8. The molecule has 46 heavy (non-hydrogen) atoms. The summed E-state index contributed by atoms with van der Waals surface area (Å²) in [6.45, 7) is 15.7. The number of rotatable bonds is 12. The molecular weight excluding hydrogens is 644 g/mol. The Bertz CT molecular complexity index is 866. The van der Waals surface area contributed by atoms with Crippen LogP contribution in [-0.4, -0.2) is 195 Å². The van der Waals surface area contributed by atoms with E-state index in [2.05, 4.69) is 14.7 Å². The molecule has 15 nitrogen and oxygen atoms in total. The van der Waals surface area contributed by atoms with Crippen molar-refractivity contribution >= 4 is 17.3 Å². The van der Waals surface area contributed by atoms with Crippen LogP contribution in [0.5, 0.6) is 0 Å². The molecule has 0 aliphatic carbocycles. The first-order chi connectivity index (χ1) is 21.4. The SMILES string of the molecule is CC(=O)C=C(O)N1CCN(CCO)CC1.CC(=O)C=C(O)N1CCN(CCO)CC1.CC(=O)C=C(O)N1CCN(CCO)CC1.[Fe]. The number of piperazine rings is 3. The second-order valence-electron chi connectivity index (χ2n) is 11.0. The molecule has 266 valence electrons. The molecule has 3 rings (SSSR count). The second kappa shape index (κ2) is 24.5. The first kappa shape index (κ1) is 43.3. The van der Waals surface area contributed by atoms with Crippen LogP contribution in [0, 0.1) is 0 Å². The minimum atomic E-state index is -0.148. The van der Waals surface area contributed by atoms with Crippen LogP contribution < -0.4 is 0 Å². The summed E-state index contributed by atoms with van der Waals surface area (Å²) in [7, 11) is 0. The number of hydrogen-bond donors (Lipinski definition) is 6. The Labute approximate surface area is 283 Å². The average molecular weight is 699 g/mol. The molecule has 3 heterocycles. The summed E-state index contributed by atoms with van der Waals surface area (Å²) in [6, 6.07) is 0. The maximum atomic E-state index is 10.8. The van der Waals surface area contributed by atoms with Gasteiger partial charge in [0, 0.05) is 133 Å². The molecule has 3 fully saturated rings. The molecule has 0 aromatic rings. The molecule has 0 amide bonds. The molecule has 0 unspecified atom stereocenters. The molecule has 0 atom stereocenters. The van der Waals surface area contributed by atoms with Gasteiger partial charge in [0.15, 0.2) is 35.0 Å². The molecule has 0 radical (unpaired) electrons. The molecule has 0 saturated carbocycles. The second-order valence-corrected chi connectivity index (χ2v) is 11.0. The van der Waals surface area contributed by atoms with Crippen molar-refractivity contribution in [3.8, 4) is 0 Å². The van der Waals surface area contributed by atoms with Crippen molar-refractivity contribution in [2.45, 2.75) is 20.8 Å². The fraction of sp³-hybridized carbons (Fsp3) is 0.700. The van der Waals surface area contributed by atoms with Gasteiger partial charge in [-0.3, -0.25) is 29.1 Å². The summed E-state index contributed by atoms with van der Waals surface area (Å²) in [6.07, 6.45) is 3.71. The Balaban J connectivity index is 0.000000653. The van der Waals surface area contributed by atoms with Gasteiger partial charge < -0.3 is 45.3 Å². The molecule has 0 bridgehead atoms. The molecule has 0 aromatic heterocycles. The molecular formula is C30H54FeN6O9. The maximum Gasteiger partial charge on any atom is 0.190 e. The zero-order valence-corrected chi connectivity index (χ0v) is 28.5. The van der Waals surface area contributed by atoms with Gasteiger partial charge in [-0.05, 0) is 20.8 Å². The van der Waals surface area contributed by atoms with Crippen LogP contribution in [0.3, 0.4) is 0 Å². The number of carbonyl (C=O) groups is 3. The normalized spacial score (nSPS) is 18.9. The topological polar surface area (TPSA) is 192 Å². The fourth-order valence-electron chi connectivity index (χ4n) is 4.85. The van der Waals surface area contributed by atoms with E-state index in [1.54, 1.807) is 14.7 Å². The number of carbonyl (C=O) groups excluding carboxylic acids is 3. The van der Waals surface area contributed by atoms with Crippen molar-refractivity contribution < 1.29 is 62.1 Å². The third-order valence-corrected chi connectivity index (χ3v) is 7.33. The Morgan fingerprint density at radius 1 is 0.457 bits per heavy atom. The summed E-state index contributed by atoms with van der Waals surface area (Å²) in [5, 5.41) is 54.9. The predicted octanol–water partition coefficient (Wildman–Crippen LogP) is -1.25. The van der Waals surface area contributed by atoms with Gasteiger partial charge in [-0.15, -0.1) is 0 Å². The van der Waals surface area contributed by atoms with E-state index in [1.807, 2.05) is 0 Å². The Hall–Kier alpha value is -2.69. The summed E-state index contributed by atoms with van der Waals surface area (Å²) >= 11 is 0. The first-order valence-electron chi connectivity index (χ1n) is 15.4. The molecule has 3 aliphatic rings. The van der Waals surface area contributed by atoms with Crippen LogP contribution >= 0.6 is 0 Å². The van der Waals surface area contributed by atoms with E-state index in [-0.39, 0.29) is 71.9 Å². The quantitative estimate of drug-likeness (QED) is 0.0805. The van der Waals surface area contributed by atoms with Gasteiger partial charge in [0.2, 0.25) is 0 Å². The first-order valence-corrected chi connectivity index (χ1v) is 15.4. The minimum Gasteiger partial charge on any atom is -0.495 e. The number of aliphatic hydroxyl groups excluding tert-OH is 6. The largest absolute Gasteiger partial charge is 0.495 e. The number of hydrogen-bond acceptors (Lipinski definition) is 15. The molecule has 3 saturated heterocycles. The summed E-state index contributed by atoms with van der Waals surface area (Å²) in [5.41, 5.74) is 0. The van der Waals surface area contributed by atoms with Crippen LogP contribution in [0.4, 0.5) is 0 Å². The van der Waals surface area contributed by atoms with Crippen molar-refractivity contribution in [3.63, 3.8) is 0 Å². The van der Waals surface area contributed by atoms with Crippen LogP contribution in [0.25, 0.3) is 0 Å². The Morgan fingerprint density at radius 3 is 0.804 bits per heavy atom. The molecule has 0 spiro atoms. The minimum absolute atomic E-state index is 0. The summed E-state index contributed by atoms with van der Waals surface area (Å²) < 4.78 is 0. The van der Waals surface area contributed by atoms with E-state index in [0.717, 1.165) is 39.3 Å². The number of allylic oxidation sites excluding steroid dienone is 3. The average Bonchev–Trinajstić information content (AvgIpc) is 2.98. The van der Waals surface area contributed by atoms with Crippen LogP contribution in [-0.2, 0) is 31.5 Å².